The third-order valence-corrected chi connectivity index (χ3v) is 6.57. The van der Waals surface area contributed by atoms with Gasteiger partial charge in [0.05, 0.1) is 11.5 Å². The number of rotatable bonds is 6. The molecule has 31 heavy (non-hydrogen) atoms. The van der Waals surface area contributed by atoms with Crippen LogP contribution in [0.25, 0.3) is 10.8 Å². The van der Waals surface area contributed by atoms with E-state index in [1.54, 1.807) is 12.1 Å². The maximum Gasteiger partial charge on any atom is 0.235 e. The van der Waals surface area contributed by atoms with E-state index in [0.717, 1.165) is 66.3 Å². The van der Waals surface area contributed by atoms with E-state index < -0.39 is 5.41 Å². The highest BCUT2D eigenvalue weighted by atomic mass is 19.1. The van der Waals surface area contributed by atoms with Gasteiger partial charge < -0.3 is 10.1 Å². The van der Waals surface area contributed by atoms with E-state index in [-0.39, 0.29) is 17.8 Å². The van der Waals surface area contributed by atoms with Crippen LogP contribution in [0.2, 0.25) is 0 Å². The monoisotopic (exact) mass is 419 g/mol. The van der Waals surface area contributed by atoms with Crippen molar-refractivity contribution in [3.63, 3.8) is 0 Å². The van der Waals surface area contributed by atoms with Gasteiger partial charge in [-0.15, -0.1) is 0 Å². The van der Waals surface area contributed by atoms with E-state index in [2.05, 4.69) is 19.2 Å². The molecular formula is C27H30FNO2. The number of fused-ring (bicyclic) bond motifs is 1. The summed E-state index contributed by atoms with van der Waals surface area (Å²) in [6, 6.07) is 18.3. The fourth-order valence-corrected chi connectivity index (χ4v) is 4.60. The van der Waals surface area contributed by atoms with Gasteiger partial charge in [-0.05, 0) is 56.0 Å². The number of benzene rings is 3. The summed E-state index contributed by atoms with van der Waals surface area (Å²) in [5.41, 5.74) is 1.05. The summed E-state index contributed by atoms with van der Waals surface area (Å²) in [6.07, 6.45) is 5.71. The van der Waals surface area contributed by atoms with Crippen LogP contribution in [0.1, 0.15) is 57.9 Å². The summed E-state index contributed by atoms with van der Waals surface area (Å²) in [4.78, 5) is 13.7. The quantitative estimate of drug-likeness (QED) is 0.467. The Morgan fingerprint density at radius 3 is 2.35 bits per heavy atom. The SMILES string of the molecule is CCC(C)Oc1ccc(NC(=O)C2(c3ccc(F)cc3)CCCCC2)c2ccccc12. The lowest BCUT2D eigenvalue weighted by atomic mass is 9.68. The fraction of sp³-hybridized carbons (Fsp3) is 0.370. The van der Waals surface area contributed by atoms with Gasteiger partial charge >= 0.3 is 0 Å². The van der Waals surface area contributed by atoms with Crippen molar-refractivity contribution in [2.24, 2.45) is 0 Å². The molecule has 4 heteroatoms. The molecule has 4 rings (SSSR count). The van der Waals surface area contributed by atoms with Crippen LogP contribution < -0.4 is 10.1 Å². The van der Waals surface area contributed by atoms with Gasteiger partial charge in [-0.3, -0.25) is 4.79 Å². The number of amides is 1. The third kappa shape index (κ3) is 4.30. The van der Waals surface area contributed by atoms with E-state index in [0.29, 0.717) is 0 Å². The standard InChI is InChI=1S/C27H30FNO2/c1-3-19(2)31-25-16-15-24(22-9-5-6-10-23(22)25)29-26(30)27(17-7-4-8-18-27)20-11-13-21(28)14-12-20/h5-6,9-16,19H,3-4,7-8,17-18H2,1-2H3,(H,29,30). The van der Waals surface area contributed by atoms with E-state index in [4.69, 9.17) is 4.74 Å². The first kappa shape index (κ1) is 21.4. The third-order valence-electron chi connectivity index (χ3n) is 6.57. The molecule has 3 nitrogen and oxygen atoms in total. The summed E-state index contributed by atoms with van der Waals surface area (Å²) in [7, 11) is 0. The summed E-state index contributed by atoms with van der Waals surface area (Å²) in [6.45, 7) is 4.15. The predicted molar refractivity (Wildman–Crippen MR) is 124 cm³/mol. The molecule has 1 atom stereocenters. The van der Waals surface area contributed by atoms with Crippen LogP contribution in [-0.4, -0.2) is 12.0 Å². The Labute approximate surface area is 183 Å². The molecule has 1 amide bonds. The summed E-state index contributed by atoms with van der Waals surface area (Å²) in [5, 5.41) is 5.16. The number of halogens is 1. The first-order valence-electron chi connectivity index (χ1n) is 11.3. The molecule has 0 aromatic heterocycles. The highest BCUT2D eigenvalue weighted by Gasteiger charge is 2.41. The molecule has 1 N–H and O–H groups in total. The van der Waals surface area contributed by atoms with Crippen molar-refractivity contribution in [1.29, 1.82) is 0 Å². The van der Waals surface area contributed by atoms with Crippen LogP contribution in [0.15, 0.2) is 60.7 Å². The number of anilines is 1. The first-order valence-corrected chi connectivity index (χ1v) is 11.3. The van der Waals surface area contributed by atoms with Crippen LogP contribution in [0, 0.1) is 5.82 Å². The highest BCUT2D eigenvalue weighted by molar-refractivity contribution is 6.07. The van der Waals surface area contributed by atoms with E-state index in [1.807, 2.05) is 36.4 Å². The van der Waals surface area contributed by atoms with Crippen molar-refractivity contribution in [2.45, 2.75) is 63.9 Å². The van der Waals surface area contributed by atoms with Gasteiger partial charge in [-0.2, -0.15) is 0 Å². The number of hydrogen-bond acceptors (Lipinski definition) is 2. The minimum atomic E-state index is -0.626. The Hall–Kier alpha value is -2.88. The predicted octanol–water partition coefficient (Wildman–Crippen LogP) is 7.00. The second kappa shape index (κ2) is 9.09. The van der Waals surface area contributed by atoms with Gasteiger partial charge in [0.15, 0.2) is 0 Å². The lowest BCUT2D eigenvalue weighted by Gasteiger charge is -2.36. The summed E-state index contributed by atoms with van der Waals surface area (Å²) >= 11 is 0. The maximum atomic E-state index is 13.7. The molecule has 1 aliphatic rings. The van der Waals surface area contributed by atoms with Crippen LogP contribution >= 0.6 is 0 Å². The van der Waals surface area contributed by atoms with E-state index in [1.165, 1.54) is 12.1 Å². The molecule has 0 spiro atoms. The normalized spacial score (nSPS) is 16.6. The van der Waals surface area contributed by atoms with Crippen molar-refractivity contribution >= 4 is 22.4 Å². The second-order valence-corrected chi connectivity index (χ2v) is 8.60. The van der Waals surface area contributed by atoms with Gasteiger partial charge in [0.1, 0.15) is 11.6 Å². The molecule has 1 unspecified atom stereocenters. The Morgan fingerprint density at radius 2 is 1.68 bits per heavy atom. The average Bonchev–Trinajstić information content (AvgIpc) is 2.81. The smallest absolute Gasteiger partial charge is 0.235 e. The molecule has 3 aromatic rings. The molecule has 0 radical (unpaired) electrons. The zero-order valence-electron chi connectivity index (χ0n) is 18.3. The number of carbonyl (C=O) groups excluding carboxylic acids is 1. The number of ether oxygens (including phenoxy) is 1. The van der Waals surface area contributed by atoms with Gasteiger partial charge in [-0.25, -0.2) is 4.39 Å². The molecule has 1 saturated carbocycles. The van der Waals surface area contributed by atoms with E-state index >= 15 is 0 Å². The van der Waals surface area contributed by atoms with Crippen LogP contribution in [-0.2, 0) is 10.2 Å². The fourth-order valence-electron chi connectivity index (χ4n) is 4.60. The maximum absolute atomic E-state index is 13.7. The molecule has 1 fully saturated rings. The minimum absolute atomic E-state index is 0.0143. The van der Waals surface area contributed by atoms with Gasteiger partial charge in [-0.1, -0.05) is 62.6 Å². The second-order valence-electron chi connectivity index (χ2n) is 8.60. The molecule has 3 aromatic carbocycles. The lowest BCUT2D eigenvalue weighted by Crippen LogP contribution is -2.42. The topological polar surface area (TPSA) is 38.3 Å². The Morgan fingerprint density at radius 1 is 1.00 bits per heavy atom. The number of hydrogen-bond donors (Lipinski definition) is 1. The molecule has 162 valence electrons. The molecule has 1 aliphatic carbocycles. The van der Waals surface area contributed by atoms with E-state index in [9.17, 15) is 9.18 Å². The van der Waals surface area contributed by atoms with Crippen molar-refractivity contribution in [1.82, 2.24) is 0 Å². The van der Waals surface area contributed by atoms with Crippen molar-refractivity contribution in [2.75, 3.05) is 5.32 Å². The van der Waals surface area contributed by atoms with Gasteiger partial charge in [0.25, 0.3) is 0 Å². The van der Waals surface area contributed by atoms with Crippen LogP contribution in [0.3, 0.4) is 0 Å². The van der Waals surface area contributed by atoms with Crippen molar-refractivity contribution < 1.29 is 13.9 Å². The molecule has 0 aliphatic heterocycles. The number of nitrogens with one attached hydrogen (secondary N) is 1. The Balaban J connectivity index is 1.69. The zero-order chi connectivity index (χ0) is 21.8. The van der Waals surface area contributed by atoms with Crippen LogP contribution in [0.5, 0.6) is 5.75 Å². The molecular weight excluding hydrogens is 389 g/mol. The largest absolute Gasteiger partial charge is 0.490 e. The van der Waals surface area contributed by atoms with Crippen molar-refractivity contribution in [3.05, 3.63) is 72.0 Å². The molecule has 0 saturated heterocycles. The van der Waals surface area contributed by atoms with Gasteiger partial charge in [0.2, 0.25) is 5.91 Å². The summed E-state index contributed by atoms with van der Waals surface area (Å²) in [5.74, 6) is 0.534. The highest BCUT2D eigenvalue weighted by Crippen LogP contribution is 2.41. The zero-order valence-corrected chi connectivity index (χ0v) is 18.3. The first-order chi connectivity index (χ1) is 15.0. The summed E-state index contributed by atoms with van der Waals surface area (Å²) < 4.78 is 19.6. The molecule has 0 bridgehead atoms. The average molecular weight is 420 g/mol. The van der Waals surface area contributed by atoms with Crippen LogP contribution in [0.4, 0.5) is 10.1 Å². The minimum Gasteiger partial charge on any atom is -0.490 e. The van der Waals surface area contributed by atoms with Crippen molar-refractivity contribution in [3.8, 4) is 5.75 Å². The number of carbonyl (C=O) groups is 1. The Kier molecular flexibility index (Phi) is 6.26. The van der Waals surface area contributed by atoms with Gasteiger partial charge in [0, 0.05) is 16.5 Å². The lowest BCUT2D eigenvalue weighted by molar-refractivity contribution is -0.122. The Bertz CT molecular complexity index is 1050. The molecule has 0 heterocycles.